The highest BCUT2D eigenvalue weighted by Crippen LogP contribution is 2.18. The number of carbonyl (C=O) groups excluding carboxylic acids is 1. The predicted octanol–water partition coefficient (Wildman–Crippen LogP) is 3.94. The first-order valence-corrected chi connectivity index (χ1v) is 7.86. The quantitative estimate of drug-likeness (QED) is 0.726. The van der Waals surface area contributed by atoms with Gasteiger partial charge in [0.25, 0.3) is 5.91 Å². The van der Waals surface area contributed by atoms with Gasteiger partial charge in [-0.2, -0.15) is 0 Å². The van der Waals surface area contributed by atoms with Crippen LogP contribution in [0.4, 0.5) is 15.9 Å². The van der Waals surface area contributed by atoms with Crippen LogP contribution in [0.2, 0.25) is 5.02 Å². The summed E-state index contributed by atoms with van der Waals surface area (Å²) in [5.41, 5.74) is 1.32. The Hall–Kier alpha value is -2.99. The Kier molecular flexibility index (Phi) is 5.20. The molecule has 5 nitrogen and oxygen atoms in total. The maximum absolute atomic E-state index is 13.6. The third-order valence-corrected chi connectivity index (χ3v) is 3.63. The second-order valence-corrected chi connectivity index (χ2v) is 5.63. The number of anilines is 2. The average Bonchev–Trinajstić information content (AvgIpc) is 2.61. The van der Waals surface area contributed by atoms with E-state index in [0.717, 1.165) is 5.69 Å². The average molecular weight is 357 g/mol. The molecule has 0 aliphatic carbocycles. The van der Waals surface area contributed by atoms with Crippen LogP contribution in [0.3, 0.4) is 0 Å². The number of aromatic nitrogens is 2. The van der Waals surface area contributed by atoms with Crippen LogP contribution in [0.15, 0.2) is 60.9 Å². The maximum atomic E-state index is 13.6. The van der Waals surface area contributed by atoms with Gasteiger partial charge < -0.3 is 10.6 Å². The van der Waals surface area contributed by atoms with Crippen molar-refractivity contribution in [1.29, 1.82) is 0 Å². The lowest BCUT2D eigenvalue weighted by Crippen LogP contribution is -2.24. The summed E-state index contributed by atoms with van der Waals surface area (Å²) in [4.78, 5) is 20.2. The Bertz CT molecular complexity index is 904. The van der Waals surface area contributed by atoms with Gasteiger partial charge in [0.15, 0.2) is 0 Å². The molecule has 1 amide bonds. The highest BCUT2D eigenvalue weighted by Gasteiger charge is 2.10. The molecule has 1 heterocycles. The standard InChI is InChI=1S/C18H14ClFN4O/c19-13-5-3-6-14(8-13)24-17-9-16(22-11-23-17)18(25)21-10-12-4-1-2-7-15(12)20/h1-9,11H,10H2,(H,21,25)(H,22,23,24). The zero-order valence-electron chi connectivity index (χ0n) is 13.0. The monoisotopic (exact) mass is 356 g/mol. The lowest BCUT2D eigenvalue weighted by Gasteiger charge is -2.08. The molecule has 0 aliphatic rings. The molecular formula is C18H14ClFN4O. The van der Waals surface area contributed by atoms with Gasteiger partial charge in [-0.05, 0) is 24.3 Å². The van der Waals surface area contributed by atoms with Crippen molar-refractivity contribution in [3.63, 3.8) is 0 Å². The summed E-state index contributed by atoms with van der Waals surface area (Å²) < 4.78 is 13.6. The number of rotatable bonds is 5. The van der Waals surface area contributed by atoms with E-state index in [4.69, 9.17) is 11.6 Å². The molecule has 2 N–H and O–H groups in total. The highest BCUT2D eigenvalue weighted by atomic mass is 35.5. The van der Waals surface area contributed by atoms with Gasteiger partial charge in [0.2, 0.25) is 0 Å². The fourth-order valence-corrected chi connectivity index (χ4v) is 2.36. The zero-order valence-corrected chi connectivity index (χ0v) is 13.8. The van der Waals surface area contributed by atoms with Crippen molar-refractivity contribution >= 4 is 29.0 Å². The number of hydrogen-bond donors (Lipinski definition) is 2. The predicted molar refractivity (Wildman–Crippen MR) is 94.3 cm³/mol. The molecule has 3 rings (SSSR count). The summed E-state index contributed by atoms with van der Waals surface area (Å²) in [6.07, 6.45) is 1.28. The molecule has 0 saturated heterocycles. The molecule has 0 fully saturated rings. The normalized spacial score (nSPS) is 10.3. The number of benzene rings is 2. The first kappa shape index (κ1) is 16.9. The van der Waals surface area contributed by atoms with Gasteiger partial charge in [-0.1, -0.05) is 35.9 Å². The third kappa shape index (κ3) is 4.51. The first-order valence-electron chi connectivity index (χ1n) is 7.48. The van der Waals surface area contributed by atoms with E-state index in [0.29, 0.717) is 16.4 Å². The summed E-state index contributed by atoms with van der Waals surface area (Å²) in [5.74, 6) is -0.332. The second-order valence-electron chi connectivity index (χ2n) is 5.20. The molecule has 126 valence electrons. The minimum absolute atomic E-state index is 0.0760. The summed E-state index contributed by atoms with van der Waals surface area (Å²) in [5, 5.41) is 6.27. The highest BCUT2D eigenvalue weighted by molar-refractivity contribution is 6.30. The molecule has 1 aromatic heterocycles. The molecule has 7 heteroatoms. The molecule has 0 saturated carbocycles. The molecular weight excluding hydrogens is 343 g/mol. The topological polar surface area (TPSA) is 66.9 Å². The number of nitrogens with zero attached hydrogens (tertiary/aromatic N) is 2. The lowest BCUT2D eigenvalue weighted by molar-refractivity contribution is 0.0945. The van der Waals surface area contributed by atoms with E-state index in [-0.39, 0.29) is 18.1 Å². The molecule has 2 aromatic carbocycles. The van der Waals surface area contributed by atoms with E-state index in [1.165, 1.54) is 18.5 Å². The summed E-state index contributed by atoms with van der Waals surface area (Å²) >= 11 is 5.94. The fraction of sp³-hybridized carbons (Fsp3) is 0.0556. The number of halogens is 2. The van der Waals surface area contributed by atoms with Crippen LogP contribution in [-0.4, -0.2) is 15.9 Å². The minimum Gasteiger partial charge on any atom is -0.347 e. The smallest absolute Gasteiger partial charge is 0.270 e. The Morgan fingerprint density at radius 2 is 1.92 bits per heavy atom. The van der Waals surface area contributed by atoms with E-state index in [1.54, 1.807) is 36.4 Å². The van der Waals surface area contributed by atoms with Crippen LogP contribution in [0.5, 0.6) is 0 Å². The number of carbonyl (C=O) groups is 1. The third-order valence-electron chi connectivity index (χ3n) is 3.39. The largest absolute Gasteiger partial charge is 0.347 e. The Labute approximate surface area is 148 Å². The van der Waals surface area contributed by atoms with Crippen molar-refractivity contribution in [2.45, 2.75) is 6.54 Å². The van der Waals surface area contributed by atoms with Crippen molar-refractivity contribution in [2.75, 3.05) is 5.32 Å². The van der Waals surface area contributed by atoms with E-state index < -0.39 is 5.91 Å². The summed E-state index contributed by atoms with van der Waals surface area (Å²) in [7, 11) is 0. The van der Waals surface area contributed by atoms with Crippen LogP contribution >= 0.6 is 11.6 Å². The van der Waals surface area contributed by atoms with Crippen molar-refractivity contribution in [3.05, 3.63) is 83.0 Å². The Morgan fingerprint density at radius 1 is 1.08 bits per heavy atom. The van der Waals surface area contributed by atoms with Crippen LogP contribution < -0.4 is 10.6 Å². The van der Waals surface area contributed by atoms with Gasteiger partial charge in [-0.25, -0.2) is 14.4 Å². The fourth-order valence-electron chi connectivity index (χ4n) is 2.17. The molecule has 25 heavy (non-hydrogen) atoms. The molecule has 0 bridgehead atoms. The Morgan fingerprint density at radius 3 is 2.72 bits per heavy atom. The molecule has 0 unspecified atom stereocenters. The Balaban J connectivity index is 1.68. The molecule has 0 radical (unpaired) electrons. The lowest BCUT2D eigenvalue weighted by atomic mass is 10.2. The van der Waals surface area contributed by atoms with Gasteiger partial charge in [-0.15, -0.1) is 0 Å². The van der Waals surface area contributed by atoms with Crippen LogP contribution in [0.1, 0.15) is 16.1 Å². The number of hydrogen-bond acceptors (Lipinski definition) is 4. The molecule has 0 atom stereocenters. The van der Waals surface area contributed by atoms with Crippen molar-refractivity contribution in [3.8, 4) is 0 Å². The van der Waals surface area contributed by atoms with Crippen LogP contribution in [-0.2, 0) is 6.54 Å². The molecule has 0 spiro atoms. The maximum Gasteiger partial charge on any atom is 0.270 e. The number of amides is 1. The first-order chi connectivity index (χ1) is 12.1. The van der Waals surface area contributed by atoms with Gasteiger partial charge in [-0.3, -0.25) is 4.79 Å². The van der Waals surface area contributed by atoms with Gasteiger partial charge in [0.05, 0.1) is 0 Å². The van der Waals surface area contributed by atoms with E-state index >= 15 is 0 Å². The summed E-state index contributed by atoms with van der Waals surface area (Å²) in [6, 6.07) is 14.9. The molecule has 0 aliphatic heterocycles. The summed E-state index contributed by atoms with van der Waals surface area (Å²) in [6.45, 7) is 0.0760. The second kappa shape index (κ2) is 7.72. The van der Waals surface area contributed by atoms with Crippen molar-refractivity contribution in [1.82, 2.24) is 15.3 Å². The van der Waals surface area contributed by atoms with E-state index in [2.05, 4.69) is 20.6 Å². The van der Waals surface area contributed by atoms with E-state index in [1.807, 2.05) is 6.07 Å². The zero-order chi connectivity index (χ0) is 17.6. The SMILES string of the molecule is O=C(NCc1ccccc1F)c1cc(Nc2cccc(Cl)c2)ncn1. The minimum atomic E-state index is -0.417. The van der Waals surface area contributed by atoms with Gasteiger partial charge in [0, 0.05) is 28.9 Å². The van der Waals surface area contributed by atoms with E-state index in [9.17, 15) is 9.18 Å². The van der Waals surface area contributed by atoms with Crippen LogP contribution in [0.25, 0.3) is 0 Å². The molecule has 3 aromatic rings. The van der Waals surface area contributed by atoms with Gasteiger partial charge in [0.1, 0.15) is 23.7 Å². The van der Waals surface area contributed by atoms with Crippen LogP contribution in [0, 0.1) is 5.82 Å². The van der Waals surface area contributed by atoms with Crippen molar-refractivity contribution < 1.29 is 9.18 Å². The number of nitrogens with one attached hydrogen (secondary N) is 2. The van der Waals surface area contributed by atoms with Gasteiger partial charge >= 0.3 is 0 Å². The van der Waals surface area contributed by atoms with Crippen molar-refractivity contribution in [2.24, 2.45) is 0 Å².